The Morgan fingerprint density at radius 1 is 0.872 bits per heavy atom. The third-order valence-corrected chi connectivity index (χ3v) is 10.5. The second-order valence-electron chi connectivity index (χ2n) is 14.9. The van der Waals surface area contributed by atoms with Gasteiger partial charge in [-0.2, -0.15) is 0 Å². The summed E-state index contributed by atoms with van der Waals surface area (Å²) in [5.41, 5.74) is 2.76. The first-order valence-corrected chi connectivity index (χ1v) is 18.0. The molecule has 1 aromatic carbocycles. The van der Waals surface area contributed by atoms with Crippen molar-refractivity contribution in [1.82, 2.24) is 0 Å². The van der Waals surface area contributed by atoms with E-state index in [1.807, 2.05) is 20.8 Å². The molecule has 3 aliphatic carbocycles. The molecule has 0 saturated heterocycles. The van der Waals surface area contributed by atoms with E-state index in [1.165, 1.54) is 50.5 Å². The van der Waals surface area contributed by atoms with Crippen molar-refractivity contribution >= 4 is 5.97 Å². The van der Waals surface area contributed by atoms with Crippen LogP contribution in [-0.4, -0.2) is 85.1 Å². The number of methoxy groups -OCH3 is 2. The average Bonchev–Trinajstić information content (AvgIpc) is 3.37. The molecule has 0 bridgehead atoms. The van der Waals surface area contributed by atoms with Gasteiger partial charge in [0.15, 0.2) is 6.79 Å². The van der Waals surface area contributed by atoms with Crippen LogP contribution < -0.4 is 4.74 Å². The van der Waals surface area contributed by atoms with Crippen LogP contribution >= 0.6 is 0 Å². The molecular formula is C38H62O9. The summed E-state index contributed by atoms with van der Waals surface area (Å²) in [6, 6.07) is 6.76. The maximum atomic E-state index is 11.6. The Morgan fingerprint density at radius 3 is 2.34 bits per heavy atom. The Morgan fingerprint density at radius 2 is 1.60 bits per heavy atom. The quantitative estimate of drug-likeness (QED) is 0.0778. The van der Waals surface area contributed by atoms with Crippen molar-refractivity contribution < 1.29 is 42.7 Å². The van der Waals surface area contributed by atoms with Crippen LogP contribution in [0.1, 0.15) is 103 Å². The van der Waals surface area contributed by atoms with Crippen molar-refractivity contribution in [2.24, 2.45) is 23.2 Å². The van der Waals surface area contributed by atoms with Crippen molar-refractivity contribution in [2.45, 2.75) is 110 Å². The van der Waals surface area contributed by atoms with Gasteiger partial charge in [0, 0.05) is 20.8 Å². The topological polar surface area (TPSA) is 90.9 Å². The zero-order valence-corrected chi connectivity index (χ0v) is 30.0. The molecule has 0 heterocycles. The van der Waals surface area contributed by atoms with Gasteiger partial charge in [-0.1, -0.05) is 32.3 Å². The summed E-state index contributed by atoms with van der Waals surface area (Å²) in [6.07, 6.45) is 12.3. The highest BCUT2D eigenvalue weighted by atomic mass is 16.7. The fraction of sp³-hybridized carbons (Fsp3) is 0.816. The van der Waals surface area contributed by atoms with E-state index in [4.69, 9.17) is 37.9 Å². The first kappa shape index (κ1) is 38.1. The number of esters is 1. The van der Waals surface area contributed by atoms with Crippen molar-refractivity contribution in [2.75, 3.05) is 67.4 Å². The third-order valence-electron chi connectivity index (χ3n) is 10.5. The van der Waals surface area contributed by atoms with E-state index in [2.05, 4.69) is 25.1 Å². The molecule has 2 fully saturated rings. The second-order valence-corrected chi connectivity index (χ2v) is 14.9. The van der Waals surface area contributed by atoms with E-state index in [1.54, 1.807) is 19.8 Å². The highest BCUT2D eigenvalue weighted by molar-refractivity contribution is 5.71. The fourth-order valence-electron chi connectivity index (χ4n) is 8.57. The first-order valence-electron chi connectivity index (χ1n) is 18.0. The van der Waals surface area contributed by atoms with E-state index >= 15 is 0 Å². The minimum absolute atomic E-state index is 0.0541. The number of carbonyl (C=O) groups is 1. The zero-order valence-electron chi connectivity index (χ0n) is 30.0. The molecule has 1 aromatic rings. The molecule has 0 amide bonds. The van der Waals surface area contributed by atoms with Crippen LogP contribution in [0, 0.1) is 23.2 Å². The molecule has 4 rings (SSSR count). The summed E-state index contributed by atoms with van der Waals surface area (Å²) < 4.78 is 44.5. The highest BCUT2D eigenvalue weighted by Crippen LogP contribution is 2.63. The van der Waals surface area contributed by atoms with Crippen LogP contribution in [0.2, 0.25) is 0 Å². The number of benzene rings is 1. The normalized spacial score (nSPS) is 26.8. The lowest BCUT2D eigenvalue weighted by atomic mass is 9.52. The number of hydrogen-bond donors (Lipinski definition) is 0. The standard InChI is InChI=1S/C38H62O9/c1-37(2,3)47-35(39)25-44-22-21-43-20-19-42-18-10-8-7-9-11-28-23-29-24-30(45-26-40-5)12-13-31(29)32-16-17-38(4)33(36(28)32)14-15-34(38)46-27-41-6/h12-13,24,28,32-34,36H,7-11,14-23,25-27H2,1-6H3. The largest absolute Gasteiger partial charge is 0.468 e. The van der Waals surface area contributed by atoms with Crippen LogP contribution in [0.25, 0.3) is 0 Å². The number of rotatable bonds is 21. The Hall–Kier alpha value is -1.75. The molecule has 9 heteroatoms. The van der Waals surface area contributed by atoms with Crippen molar-refractivity contribution in [3.63, 3.8) is 0 Å². The number of carbonyl (C=O) groups excluding carboxylic acids is 1. The predicted molar refractivity (Wildman–Crippen MR) is 181 cm³/mol. The molecule has 9 nitrogen and oxygen atoms in total. The van der Waals surface area contributed by atoms with E-state index in [0.717, 1.165) is 31.6 Å². The summed E-state index contributed by atoms with van der Waals surface area (Å²) in [5.74, 6) is 3.25. The van der Waals surface area contributed by atoms with Gasteiger partial charge < -0.3 is 37.9 Å². The number of hydrogen-bond acceptors (Lipinski definition) is 9. The molecule has 3 aliphatic rings. The maximum Gasteiger partial charge on any atom is 0.332 e. The third kappa shape index (κ3) is 11.1. The van der Waals surface area contributed by atoms with Crippen molar-refractivity contribution in [3.8, 4) is 5.75 Å². The number of fused-ring (bicyclic) bond motifs is 5. The molecule has 0 spiro atoms. The minimum Gasteiger partial charge on any atom is -0.468 e. The lowest BCUT2D eigenvalue weighted by molar-refractivity contribution is -0.160. The van der Waals surface area contributed by atoms with E-state index in [0.29, 0.717) is 63.0 Å². The number of ether oxygens (including phenoxy) is 8. The molecule has 0 aromatic heterocycles. The highest BCUT2D eigenvalue weighted by Gasteiger charge is 2.57. The van der Waals surface area contributed by atoms with E-state index < -0.39 is 5.60 Å². The van der Waals surface area contributed by atoms with Crippen LogP contribution in [0.4, 0.5) is 0 Å². The summed E-state index contributed by atoms with van der Waals surface area (Å²) >= 11 is 0. The van der Waals surface area contributed by atoms with Gasteiger partial charge in [-0.15, -0.1) is 0 Å². The summed E-state index contributed by atoms with van der Waals surface area (Å²) in [6.45, 7) is 11.3. The summed E-state index contributed by atoms with van der Waals surface area (Å²) in [5, 5.41) is 0. The molecule has 2 saturated carbocycles. The molecule has 268 valence electrons. The Bertz CT molecular complexity index is 1070. The molecule has 0 radical (unpaired) electrons. The van der Waals surface area contributed by atoms with Gasteiger partial charge in [-0.05, 0) is 118 Å². The Kier molecular flexibility index (Phi) is 15.3. The summed E-state index contributed by atoms with van der Waals surface area (Å²) in [7, 11) is 3.39. The molecule has 6 unspecified atom stereocenters. The van der Waals surface area contributed by atoms with Gasteiger partial charge in [0.2, 0.25) is 0 Å². The Labute approximate surface area is 283 Å². The smallest absolute Gasteiger partial charge is 0.332 e. The Balaban J connectivity index is 1.18. The lowest BCUT2D eigenvalue weighted by Gasteiger charge is -2.53. The fourth-order valence-corrected chi connectivity index (χ4v) is 8.57. The maximum absolute atomic E-state index is 11.6. The van der Waals surface area contributed by atoms with Gasteiger partial charge in [-0.25, -0.2) is 4.79 Å². The predicted octanol–water partition coefficient (Wildman–Crippen LogP) is 7.08. The van der Waals surface area contributed by atoms with Crippen LogP contribution in [-0.2, 0) is 44.4 Å². The molecule has 0 N–H and O–H groups in total. The molecule has 6 atom stereocenters. The van der Waals surface area contributed by atoms with Gasteiger partial charge in [0.1, 0.15) is 24.8 Å². The van der Waals surface area contributed by atoms with Crippen LogP contribution in [0.15, 0.2) is 18.2 Å². The second kappa shape index (κ2) is 18.9. The molecule has 47 heavy (non-hydrogen) atoms. The van der Waals surface area contributed by atoms with E-state index in [9.17, 15) is 4.79 Å². The summed E-state index contributed by atoms with van der Waals surface area (Å²) in [4.78, 5) is 11.6. The first-order chi connectivity index (χ1) is 22.7. The molecular weight excluding hydrogens is 600 g/mol. The average molecular weight is 663 g/mol. The monoisotopic (exact) mass is 662 g/mol. The lowest BCUT2D eigenvalue weighted by Crippen LogP contribution is -2.47. The van der Waals surface area contributed by atoms with Gasteiger partial charge in [-0.3, -0.25) is 0 Å². The van der Waals surface area contributed by atoms with Crippen molar-refractivity contribution in [1.29, 1.82) is 0 Å². The number of unbranched alkanes of at least 4 members (excludes halogenated alkanes) is 3. The molecule has 0 aliphatic heterocycles. The minimum atomic E-state index is -0.497. The SMILES string of the molecule is COCOc1ccc2c(c1)CC(CCCCCCOCCOCCOCC(=O)OC(C)(C)C)C1C2CCC2(C)C(OCOC)CCC12. The van der Waals surface area contributed by atoms with E-state index in [-0.39, 0.29) is 24.8 Å². The van der Waals surface area contributed by atoms with Gasteiger partial charge in [0.25, 0.3) is 0 Å². The van der Waals surface area contributed by atoms with Crippen LogP contribution in [0.5, 0.6) is 5.75 Å². The zero-order chi connectivity index (χ0) is 33.7. The van der Waals surface area contributed by atoms with Gasteiger partial charge in [0.05, 0.1) is 32.5 Å². The van der Waals surface area contributed by atoms with Crippen molar-refractivity contribution in [3.05, 3.63) is 29.3 Å². The van der Waals surface area contributed by atoms with Crippen LogP contribution in [0.3, 0.4) is 0 Å². The van der Waals surface area contributed by atoms with Gasteiger partial charge >= 0.3 is 5.97 Å².